The monoisotopic (exact) mass is 406 g/mol. The summed E-state index contributed by atoms with van der Waals surface area (Å²) in [5.74, 6) is -0.273. The van der Waals surface area contributed by atoms with Gasteiger partial charge in [-0.25, -0.2) is 13.4 Å². The number of fused-ring (bicyclic) bond motifs is 1. The SMILES string of the molecule is CCC(CC)n1nc(C)cc1C(=O)Nc1nc2ccc(S(C)(=O)=O)cc2s1. The molecule has 0 bridgehead atoms. The molecule has 0 aliphatic carbocycles. The lowest BCUT2D eigenvalue weighted by atomic mass is 10.1. The predicted molar refractivity (Wildman–Crippen MR) is 107 cm³/mol. The lowest BCUT2D eigenvalue weighted by Crippen LogP contribution is -2.20. The summed E-state index contributed by atoms with van der Waals surface area (Å²) >= 11 is 1.25. The van der Waals surface area contributed by atoms with Crippen LogP contribution in [0, 0.1) is 6.92 Å². The Morgan fingerprint density at radius 1 is 1.26 bits per heavy atom. The Bertz CT molecular complexity index is 1100. The number of nitrogens with zero attached hydrogens (tertiary/aromatic N) is 3. The van der Waals surface area contributed by atoms with Crippen LogP contribution in [0.2, 0.25) is 0 Å². The quantitative estimate of drug-likeness (QED) is 0.672. The lowest BCUT2D eigenvalue weighted by Gasteiger charge is -2.16. The van der Waals surface area contributed by atoms with Crippen LogP contribution in [0.15, 0.2) is 29.2 Å². The van der Waals surface area contributed by atoms with Crippen molar-refractivity contribution in [3.63, 3.8) is 0 Å². The minimum absolute atomic E-state index is 0.159. The molecule has 0 radical (unpaired) electrons. The Balaban J connectivity index is 1.91. The first-order valence-corrected chi connectivity index (χ1v) is 11.4. The van der Waals surface area contributed by atoms with Gasteiger partial charge < -0.3 is 0 Å². The van der Waals surface area contributed by atoms with Crippen molar-refractivity contribution in [2.45, 2.75) is 44.6 Å². The summed E-state index contributed by atoms with van der Waals surface area (Å²) in [6.45, 7) is 6.00. The zero-order valence-electron chi connectivity index (χ0n) is 15.7. The second kappa shape index (κ2) is 7.40. The number of carbonyl (C=O) groups is 1. The minimum Gasteiger partial charge on any atom is -0.296 e. The number of nitrogens with one attached hydrogen (secondary N) is 1. The third-order valence-electron chi connectivity index (χ3n) is 4.39. The number of hydrogen-bond donors (Lipinski definition) is 1. The van der Waals surface area contributed by atoms with Crippen LogP contribution in [0.1, 0.15) is 48.9 Å². The van der Waals surface area contributed by atoms with E-state index in [1.54, 1.807) is 22.9 Å². The molecule has 0 aliphatic rings. The Morgan fingerprint density at radius 2 is 1.96 bits per heavy atom. The molecular weight excluding hydrogens is 384 g/mol. The Labute approximate surface area is 162 Å². The topological polar surface area (TPSA) is 93.9 Å². The maximum atomic E-state index is 12.8. The zero-order valence-corrected chi connectivity index (χ0v) is 17.3. The van der Waals surface area contributed by atoms with Gasteiger partial charge in [0.1, 0.15) is 5.69 Å². The molecular formula is C18H22N4O3S2. The Morgan fingerprint density at radius 3 is 2.59 bits per heavy atom. The molecule has 1 N–H and O–H groups in total. The molecule has 144 valence electrons. The van der Waals surface area contributed by atoms with E-state index in [0.29, 0.717) is 21.0 Å². The number of benzene rings is 1. The number of hydrogen-bond acceptors (Lipinski definition) is 6. The first kappa shape index (κ1) is 19.5. The van der Waals surface area contributed by atoms with Crippen LogP contribution in [0.3, 0.4) is 0 Å². The van der Waals surface area contributed by atoms with Gasteiger partial charge in [0, 0.05) is 6.26 Å². The third-order valence-corrected chi connectivity index (χ3v) is 6.43. The van der Waals surface area contributed by atoms with Crippen molar-refractivity contribution < 1.29 is 13.2 Å². The summed E-state index contributed by atoms with van der Waals surface area (Å²) in [5.41, 5.74) is 1.93. The van der Waals surface area contributed by atoms with Crippen LogP contribution in [0.25, 0.3) is 10.2 Å². The smallest absolute Gasteiger partial charge is 0.275 e. The van der Waals surface area contributed by atoms with Crippen LogP contribution in [-0.2, 0) is 9.84 Å². The van der Waals surface area contributed by atoms with Crippen molar-refractivity contribution in [3.8, 4) is 0 Å². The van der Waals surface area contributed by atoms with Crippen molar-refractivity contribution in [1.82, 2.24) is 14.8 Å². The lowest BCUT2D eigenvalue weighted by molar-refractivity contribution is 0.101. The molecule has 7 nitrogen and oxygen atoms in total. The molecule has 2 aromatic heterocycles. The number of thiazole rings is 1. The summed E-state index contributed by atoms with van der Waals surface area (Å²) < 4.78 is 25.9. The molecule has 0 saturated heterocycles. The highest BCUT2D eigenvalue weighted by Crippen LogP contribution is 2.29. The highest BCUT2D eigenvalue weighted by Gasteiger charge is 2.20. The highest BCUT2D eigenvalue weighted by atomic mass is 32.2. The number of rotatable bonds is 6. The predicted octanol–water partition coefficient (Wildman–Crippen LogP) is 3.82. The fourth-order valence-corrected chi connectivity index (χ4v) is 4.57. The molecule has 0 fully saturated rings. The van der Waals surface area contributed by atoms with Crippen molar-refractivity contribution in [3.05, 3.63) is 35.7 Å². The van der Waals surface area contributed by atoms with E-state index in [-0.39, 0.29) is 16.8 Å². The van der Waals surface area contributed by atoms with Gasteiger partial charge in [0.15, 0.2) is 15.0 Å². The first-order chi connectivity index (χ1) is 12.7. The number of anilines is 1. The molecule has 1 amide bonds. The van der Waals surface area contributed by atoms with E-state index in [2.05, 4.69) is 29.2 Å². The Kier molecular flexibility index (Phi) is 5.34. The van der Waals surface area contributed by atoms with Gasteiger partial charge in [-0.3, -0.25) is 14.8 Å². The van der Waals surface area contributed by atoms with Crippen LogP contribution >= 0.6 is 11.3 Å². The first-order valence-electron chi connectivity index (χ1n) is 8.71. The summed E-state index contributed by atoms with van der Waals surface area (Å²) in [7, 11) is -3.29. The maximum absolute atomic E-state index is 12.8. The molecule has 3 aromatic rings. The van der Waals surface area contributed by atoms with E-state index < -0.39 is 9.84 Å². The van der Waals surface area contributed by atoms with Gasteiger partial charge in [-0.05, 0) is 44.0 Å². The van der Waals surface area contributed by atoms with Gasteiger partial charge in [-0.2, -0.15) is 5.10 Å². The standard InChI is InChI=1S/C18H22N4O3S2/c1-5-12(6-2)22-15(9-11(3)21-22)17(23)20-18-19-14-8-7-13(27(4,24)25)10-16(14)26-18/h7-10,12H,5-6H2,1-4H3,(H,19,20,23). The normalized spacial score (nSPS) is 12.0. The second-order valence-corrected chi connectivity index (χ2v) is 9.51. The molecule has 0 atom stereocenters. The van der Waals surface area contributed by atoms with Gasteiger partial charge in [0.25, 0.3) is 5.91 Å². The number of aromatic nitrogens is 3. The van der Waals surface area contributed by atoms with Crippen molar-refractivity contribution >= 4 is 42.4 Å². The number of sulfone groups is 1. The average Bonchev–Trinajstić information content (AvgIpc) is 3.17. The molecule has 0 aliphatic heterocycles. The minimum atomic E-state index is -3.29. The molecule has 0 unspecified atom stereocenters. The fourth-order valence-electron chi connectivity index (χ4n) is 2.95. The van der Waals surface area contributed by atoms with Crippen molar-refractivity contribution in [1.29, 1.82) is 0 Å². The summed E-state index contributed by atoms with van der Waals surface area (Å²) in [5, 5.41) is 7.72. The van der Waals surface area contributed by atoms with Gasteiger partial charge in [-0.1, -0.05) is 25.2 Å². The second-order valence-electron chi connectivity index (χ2n) is 6.46. The van der Waals surface area contributed by atoms with Crippen LogP contribution in [-0.4, -0.2) is 35.3 Å². The molecule has 1 aromatic carbocycles. The van der Waals surface area contributed by atoms with Gasteiger partial charge in [-0.15, -0.1) is 0 Å². The maximum Gasteiger partial charge on any atom is 0.275 e. The van der Waals surface area contributed by atoms with E-state index >= 15 is 0 Å². The van der Waals surface area contributed by atoms with Crippen LogP contribution in [0.4, 0.5) is 5.13 Å². The average molecular weight is 407 g/mol. The number of amides is 1. The largest absolute Gasteiger partial charge is 0.296 e. The number of aryl methyl sites for hydroxylation is 1. The Hall–Kier alpha value is -2.26. The summed E-state index contributed by atoms with van der Waals surface area (Å²) in [4.78, 5) is 17.4. The van der Waals surface area contributed by atoms with E-state index in [1.165, 1.54) is 23.7 Å². The molecule has 2 heterocycles. The van der Waals surface area contributed by atoms with Crippen molar-refractivity contribution in [2.24, 2.45) is 0 Å². The highest BCUT2D eigenvalue weighted by molar-refractivity contribution is 7.90. The fraction of sp³-hybridized carbons (Fsp3) is 0.389. The molecule has 0 spiro atoms. The molecule has 3 rings (SSSR count). The van der Waals surface area contributed by atoms with E-state index in [9.17, 15) is 13.2 Å². The molecule has 9 heteroatoms. The van der Waals surface area contributed by atoms with Gasteiger partial charge >= 0.3 is 0 Å². The number of carbonyl (C=O) groups excluding carboxylic acids is 1. The van der Waals surface area contributed by atoms with E-state index in [1.807, 2.05) is 6.92 Å². The van der Waals surface area contributed by atoms with Crippen LogP contribution in [0.5, 0.6) is 0 Å². The third kappa shape index (κ3) is 4.03. The summed E-state index contributed by atoms with van der Waals surface area (Å²) in [6.07, 6.45) is 2.93. The molecule has 0 saturated carbocycles. The van der Waals surface area contributed by atoms with E-state index in [4.69, 9.17) is 0 Å². The van der Waals surface area contributed by atoms with E-state index in [0.717, 1.165) is 18.5 Å². The van der Waals surface area contributed by atoms with Gasteiger partial charge in [0.2, 0.25) is 0 Å². The molecule has 27 heavy (non-hydrogen) atoms. The van der Waals surface area contributed by atoms with Gasteiger partial charge in [0.05, 0.1) is 26.8 Å². The zero-order chi connectivity index (χ0) is 19.8. The summed E-state index contributed by atoms with van der Waals surface area (Å²) in [6, 6.07) is 6.68. The van der Waals surface area contributed by atoms with Crippen LogP contribution < -0.4 is 5.32 Å². The van der Waals surface area contributed by atoms with Crippen molar-refractivity contribution in [2.75, 3.05) is 11.6 Å².